The van der Waals surface area contributed by atoms with Gasteiger partial charge in [-0.25, -0.2) is 4.79 Å². The summed E-state index contributed by atoms with van der Waals surface area (Å²) in [5.41, 5.74) is 2.22. The van der Waals surface area contributed by atoms with Gasteiger partial charge in [0.25, 0.3) is 0 Å². The van der Waals surface area contributed by atoms with Gasteiger partial charge in [0.05, 0.1) is 11.5 Å². The normalized spacial score (nSPS) is 15.4. The van der Waals surface area contributed by atoms with Crippen molar-refractivity contribution in [3.05, 3.63) is 52.6 Å². The summed E-state index contributed by atoms with van der Waals surface area (Å²) in [6, 6.07) is 7.82. The highest BCUT2D eigenvalue weighted by Crippen LogP contribution is 2.23. The van der Waals surface area contributed by atoms with Gasteiger partial charge in [-0.3, -0.25) is 4.79 Å². The van der Waals surface area contributed by atoms with Crippen LogP contribution in [0.25, 0.3) is 0 Å². The number of nitrogens with zero attached hydrogens (tertiary/aromatic N) is 2. The second kappa shape index (κ2) is 11.0. The number of ether oxygens (including phenoxy) is 1. The van der Waals surface area contributed by atoms with Crippen molar-refractivity contribution in [2.45, 2.75) is 26.2 Å². The average molecular weight is 403 g/mol. The third-order valence-electron chi connectivity index (χ3n) is 4.65. The molecule has 0 bridgehead atoms. The van der Waals surface area contributed by atoms with E-state index in [1.54, 1.807) is 38.1 Å². The Bertz CT molecular complexity index is 733. The molecule has 1 aliphatic heterocycles. The molecule has 152 valence electrons. The third-order valence-corrected chi connectivity index (χ3v) is 5.41. The Morgan fingerprint density at radius 3 is 2.29 bits per heavy atom. The quantitative estimate of drug-likeness (QED) is 0.282. The zero-order valence-corrected chi connectivity index (χ0v) is 18.1. The van der Waals surface area contributed by atoms with Crippen LogP contribution in [0.15, 0.2) is 47.0 Å². The van der Waals surface area contributed by atoms with Crippen LogP contribution < -0.4 is 4.90 Å². The highest BCUT2D eigenvalue weighted by Gasteiger charge is 2.16. The molecule has 0 unspecified atom stereocenters. The van der Waals surface area contributed by atoms with E-state index in [0.717, 1.165) is 13.1 Å². The maximum absolute atomic E-state index is 12.9. The summed E-state index contributed by atoms with van der Waals surface area (Å²) >= 11 is 1.37. The van der Waals surface area contributed by atoms with Gasteiger partial charge in [0.2, 0.25) is 0 Å². The van der Waals surface area contributed by atoms with Gasteiger partial charge in [0.15, 0.2) is 5.78 Å². The van der Waals surface area contributed by atoms with Gasteiger partial charge >= 0.3 is 5.97 Å². The highest BCUT2D eigenvalue weighted by molar-refractivity contribution is 8.03. The fraction of sp³-hybridized carbons (Fsp3) is 0.455. The number of carbonyl (C=O) groups excluding carboxylic acids is 2. The fourth-order valence-corrected chi connectivity index (χ4v) is 3.62. The number of thioether (sulfide) groups is 1. The number of piperidine rings is 1. The largest absolute Gasteiger partial charge is 0.461 e. The standard InChI is InChI=1S/C22H30N2O3S/c1-5-27-22(26)19(23(2)3)13-14-20(28-4)21(25)17-9-11-18(12-10-17)24-15-7-6-8-16-24/h9-14H,5-8,15-16H2,1-4H3. The van der Waals surface area contributed by atoms with E-state index in [9.17, 15) is 9.59 Å². The summed E-state index contributed by atoms with van der Waals surface area (Å²) in [7, 11) is 3.55. The Balaban J connectivity index is 2.18. The molecule has 0 N–H and O–H groups in total. The number of Topliss-reactive ketones (excluding diaryl/α,β-unsaturated/α-hetero) is 1. The molecule has 1 saturated heterocycles. The van der Waals surface area contributed by atoms with Crippen LogP contribution in [-0.2, 0) is 9.53 Å². The van der Waals surface area contributed by atoms with Crippen molar-refractivity contribution in [1.29, 1.82) is 0 Å². The second-order valence-electron chi connectivity index (χ2n) is 6.83. The fourth-order valence-electron chi connectivity index (χ4n) is 3.11. The molecule has 2 rings (SSSR count). The lowest BCUT2D eigenvalue weighted by atomic mass is 10.1. The number of hydrogen-bond donors (Lipinski definition) is 0. The Kier molecular flexibility index (Phi) is 8.64. The van der Waals surface area contributed by atoms with Crippen LogP contribution in [0.2, 0.25) is 0 Å². The first-order chi connectivity index (χ1) is 13.5. The number of likely N-dealkylation sites (N-methyl/N-ethyl adjacent to an activating group) is 1. The number of esters is 1. The van der Waals surface area contributed by atoms with E-state index in [0.29, 0.717) is 22.8 Å². The number of rotatable bonds is 8. The van der Waals surface area contributed by atoms with Crippen LogP contribution >= 0.6 is 11.8 Å². The maximum atomic E-state index is 12.9. The number of carbonyl (C=O) groups is 2. The Labute approximate surface area is 172 Å². The molecule has 1 aromatic carbocycles. The van der Waals surface area contributed by atoms with Crippen molar-refractivity contribution in [3.8, 4) is 0 Å². The van der Waals surface area contributed by atoms with Crippen molar-refractivity contribution in [2.24, 2.45) is 0 Å². The molecule has 6 heteroatoms. The smallest absolute Gasteiger partial charge is 0.354 e. The zero-order valence-electron chi connectivity index (χ0n) is 17.2. The highest BCUT2D eigenvalue weighted by atomic mass is 32.2. The van der Waals surface area contributed by atoms with Gasteiger partial charge in [-0.15, -0.1) is 11.8 Å². The Morgan fingerprint density at radius 1 is 1.11 bits per heavy atom. The number of hydrogen-bond acceptors (Lipinski definition) is 6. The van der Waals surface area contributed by atoms with Crippen molar-refractivity contribution >= 4 is 29.2 Å². The van der Waals surface area contributed by atoms with Gasteiger partial charge in [0.1, 0.15) is 5.70 Å². The molecule has 0 aromatic heterocycles. The second-order valence-corrected chi connectivity index (χ2v) is 7.67. The summed E-state index contributed by atoms with van der Waals surface area (Å²) in [4.78, 5) is 29.6. The van der Waals surface area contributed by atoms with E-state index in [2.05, 4.69) is 4.90 Å². The van der Waals surface area contributed by atoms with Gasteiger partial charge in [0, 0.05) is 38.4 Å². The number of benzene rings is 1. The lowest BCUT2D eigenvalue weighted by Gasteiger charge is -2.28. The molecule has 28 heavy (non-hydrogen) atoms. The average Bonchev–Trinajstić information content (AvgIpc) is 2.71. The van der Waals surface area contributed by atoms with Crippen LogP contribution in [0.5, 0.6) is 0 Å². The predicted molar refractivity (Wildman–Crippen MR) is 117 cm³/mol. The van der Waals surface area contributed by atoms with E-state index >= 15 is 0 Å². The van der Waals surface area contributed by atoms with Crippen LogP contribution in [0.3, 0.4) is 0 Å². The predicted octanol–water partition coefficient (Wildman–Crippen LogP) is 4.12. The van der Waals surface area contributed by atoms with E-state index in [4.69, 9.17) is 4.74 Å². The molecule has 0 amide bonds. The van der Waals surface area contributed by atoms with Crippen LogP contribution in [-0.4, -0.2) is 56.7 Å². The van der Waals surface area contributed by atoms with E-state index in [-0.39, 0.29) is 5.78 Å². The molecule has 1 aliphatic rings. The molecule has 1 aromatic rings. The molecular weight excluding hydrogens is 372 g/mol. The molecule has 1 heterocycles. The zero-order chi connectivity index (χ0) is 20.5. The summed E-state index contributed by atoms with van der Waals surface area (Å²) in [6.07, 6.45) is 8.94. The summed E-state index contributed by atoms with van der Waals surface area (Å²) in [5, 5.41) is 0. The monoisotopic (exact) mass is 402 g/mol. The molecule has 0 radical (unpaired) electrons. The first kappa shape index (κ1) is 22.1. The molecule has 0 aliphatic carbocycles. The van der Waals surface area contributed by atoms with E-state index in [1.165, 1.54) is 36.7 Å². The first-order valence-corrected chi connectivity index (χ1v) is 10.9. The van der Waals surface area contributed by atoms with Crippen molar-refractivity contribution in [2.75, 3.05) is 44.9 Å². The summed E-state index contributed by atoms with van der Waals surface area (Å²) in [5.74, 6) is -0.446. The summed E-state index contributed by atoms with van der Waals surface area (Å²) < 4.78 is 5.07. The van der Waals surface area contributed by atoms with E-state index in [1.807, 2.05) is 30.5 Å². The maximum Gasteiger partial charge on any atom is 0.354 e. The van der Waals surface area contributed by atoms with Crippen LogP contribution in [0.1, 0.15) is 36.5 Å². The Hall–Kier alpha value is -2.21. The molecule has 0 spiro atoms. The Morgan fingerprint density at radius 2 is 1.75 bits per heavy atom. The number of allylic oxidation sites excluding steroid dienone is 3. The third kappa shape index (κ3) is 5.89. The lowest BCUT2D eigenvalue weighted by molar-refractivity contribution is -0.140. The SMILES string of the molecule is CCOC(=O)C(=CC=C(SC)C(=O)c1ccc(N2CCCCC2)cc1)N(C)C. The minimum absolute atomic E-state index is 0.0455. The minimum Gasteiger partial charge on any atom is -0.461 e. The van der Waals surface area contributed by atoms with Crippen molar-refractivity contribution in [3.63, 3.8) is 0 Å². The number of ketones is 1. The van der Waals surface area contributed by atoms with Crippen molar-refractivity contribution < 1.29 is 14.3 Å². The van der Waals surface area contributed by atoms with Crippen LogP contribution in [0, 0.1) is 0 Å². The molecule has 0 atom stereocenters. The van der Waals surface area contributed by atoms with E-state index < -0.39 is 5.97 Å². The first-order valence-electron chi connectivity index (χ1n) is 9.68. The van der Waals surface area contributed by atoms with Gasteiger partial charge in [-0.05, 0) is 68.9 Å². The summed E-state index contributed by atoms with van der Waals surface area (Å²) in [6.45, 7) is 4.24. The van der Waals surface area contributed by atoms with Gasteiger partial charge in [-0.2, -0.15) is 0 Å². The van der Waals surface area contributed by atoms with Crippen molar-refractivity contribution in [1.82, 2.24) is 4.90 Å². The topological polar surface area (TPSA) is 49.9 Å². The lowest BCUT2D eigenvalue weighted by Crippen LogP contribution is -2.29. The molecule has 5 nitrogen and oxygen atoms in total. The molecule has 1 fully saturated rings. The molecular formula is C22H30N2O3S. The van der Waals surface area contributed by atoms with Gasteiger partial charge < -0.3 is 14.5 Å². The van der Waals surface area contributed by atoms with Gasteiger partial charge in [-0.1, -0.05) is 0 Å². The minimum atomic E-state index is -0.400. The number of anilines is 1. The van der Waals surface area contributed by atoms with Crippen LogP contribution in [0.4, 0.5) is 5.69 Å². The molecule has 0 saturated carbocycles.